The van der Waals surface area contributed by atoms with Crippen LogP contribution < -0.4 is 11.1 Å². The standard InChI is InChI=1S/C12H27N3/c1-11(2)5-8-15(10-7-13)9-6-12(3,4)14-11/h14H,5-10,13H2,1-4H3. The van der Waals surface area contributed by atoms with Gasteiger partial charge < -0.3 is 16.0 Å². The molecule has 3 heteroatoms. The lowest BCUT2D eigenvalue weighted by molar-refractivity contribution is 0.147. The molecule has 0 aromatic carbocycles. The van der Waals surface area contributed by atoms with E-state index in [9.17, 15) is 0 Å². The summed E-state index contributed by atoms with van der Waals surface area (Å²) in [4.78, 5) is 2.49. The van der Waals surface area contributed by atoms with E-state index >= 15 is 0 Å². The second kappa shape index (κ2) is 4.81. The number of nitrogens with two attached hydrogens (primary N) is 1. The molecule has 0 unspecified atom stereocenters. The van der Waals surface area contributed by atoms with Crippen LogP contribution in [0.5, 0.6) is 0 Å². The highest BCUT2D eigenvalue weighted by atomic mass is 15.2. The highest BCUT2D eigenvalue weighted by Gasteiger charge is 2.30. The minimum Gasteiger partial charge on any atom is -0.329 e. The Morgan fingerprint density at radius 2 is 1.53 bits per heavy atom. The van der Waals surface area contributed by atoms with E-state index in [2.05, 4.69) is 37.9 Å². The van der Waals surface area contributed by atoms with Gasteiger partial charge in [-0.3, -0.25) is 0 Å². The Morgan fingerprint density at radius 3 is 1.93 bits per heavy atom. The zero-order chi connectivity index (χ0) is 11.5. The molecule has 1 aliphatic heterocycles. The number of nitrogens with one attached hydrogen (secondary N) is 1. The first-order valence-electron chi connectivity index (χ1n) is 6.06. The third-order valence-electron chi connectivity index (χ3n) is 3.23. The Balaban J connectivity index is 2.60. The summed E-state index contributed by atoms with van der Waals surface area (Å²) in [6.07, 6.45) is 2.38. The topological polar surface area (TPSA) is 41.3 Å². The van der Waals surface area contributed by atoms with Gasteiger partial charge >= 0.3 is 0 Å². The average Bonchev–Trinajstić information content (AvgIpc) is 2.07. The molecular formula is C12H27N3. The maximum absolute atomic E-state index is 5.63. The van der Waals surface area contributed by atoms with Crippen LogP contribution in [0.25, 0.3) is 0 Å². The molecule has 0 atom stereocenters. The Bertz CT molecular complexity index is 181. The van der Waals surface area contributed by atoms with E-state index in [1.165, 1.54) is 12.8 Å². The largest absolute Gasteiger partial charge is 0.329 e. The van der Waals surface area contributed by atoms with Crippen molar-refractivity contribution in [2.75, 3.05) is 26.2 Å². The van der Waals surface area contributed by atoms with Crippen molar-refractivity contribution in [1.29, 1.82) is 0 Å². The van der Waals surface area contributed by atoms with Crippen molar-refractivity contribution in [3.8, 4) is 0 Å². The van der Waals surface area contributed by atoms with Crippen LogP contribution in [0, 0.1) is 0 Å². The van der Waals surface area contributed by atoms with Crippen molar-refractivity contribution in [3.05, 3.63) is 0 Å². The quantitative estimate of drug-likeness (QED) is 0.724. The van der Waals surface area contributed by atoms with Crippen molar-refractivity contribution in [1.82, 2.24) is 10.2 Å². The van der Waals surface area contributed by atoms with E-state index in [1.54, 1.807) is 0 Å². The highest BCUT2D eigenvalue weighted by molar-refractivity contribution is 4.91. The van der Waals surface area contributed by atoms with Crippen molar-refractivity contribution in [2.24, 2.45) is 5.73 Å². The summed E-state index contributed by atoms with van der Waals surface area (Å²) < 4.78 is 0. The van der Waals surface area contributed by atoms with Crippen LogP contribution in [-0.2, 0) is 0 Å². The first-order valence-corrected chi connectivity index (χ1v) is 6.06. The van der Waals surface area contributed by atoms with Crippen molar-refractivity contribution < 1.29 is 0 Å². The zero-order valence-electron chi connectivity index (χ0n) is 10.8. The fourth-order valence-electron chi connectivity index (χ4n) is 2.43. The number of nitrogens with zero attached hydrogens (tertiary/aromatic N) is 1. The van der Waals surface area contributed by atoms with Crippen LogP contribution >= 0.6 is 0 Å². The second-order valence-electron chi connectivity index (χ2n) is 6.02. The summed E-state index contributed by atoms with van der Waals surface area (Å²) in [5.41, 5.74) is 6.09. The van der Waals surface area contributed by atoms with Crippen LogP contribution in [-0.4, -0.2) is 42.2 Å². The lowest BCUT2D eigenvalue weighted by atomic mass is 9.90. The Labute approximate surface area is 94.4 Å². The van der Waals surface area contributed by atoms with E-state index < -0.39 is 0 Å². The van der Waals surface area contributed by atoms with Crippen LogP contribution in [0.2, 0.25) is 0 Å². The van der Waals surface area contributed by atoms with Gasteiger partial charge in [0.1, 0.15) is 0 Å². The van der Waals surface area contributed by atoms with Gasteiger partial charge in [-0.2, -0.15) is 0 Å². The van der Waals surface area contributed by atoms with Gasteiger partial charge in [-0.15, -0.1) is 0 Å². The Kier molecular flexibility index (Phi) is 4.15. The van der Waals surface area contributed by atoms with Gasteiger partial charge in [-0.25, -0.2) is 0 Å². The lowest BCUT2D eigenvalue weighted by Gasteiger charge is -2.42. The van der Waals surface area contributed by atoms with Crippen molar-refractivity contribution in [3.63, 3.8) is 0 Å². The molecule has 0 bridgehead atoms. The van der Waals surface area contributed by atoms with Crippen molar-refractivity contribution in [2.45, 2.75) is 51.6 Å². The molecule has 0 aromatic rings. The van der Waals surface area contributed by atoms with Crippen LogP contribution in [0.4, 0.5) is 0 Å². The van der Waals surface area contributed by atoms with Gasteiger partial charge in [0, 0.05) is 24.2 Å². The SMILES string of the molecule is CC1(C)CCN(CCN)CCC(C)(C)N1. The fourth-order valence-corrected chi connectivity index (χ4v) is 2.43. The fraction of sp³-hybridized carbons (Fsp3) is 1.00. The van der Waals surface area contributed by atoms with E-state index in [-0.39, 0.29) is 11.1 Å². The van der Waals surface area contributed by atoms with E-state index in [0.717, 1.165) is 26.2 Å². The van der Waals surface area contributed by atoms with E-state index in [0.29, 0.717) is 0 Å². The van der Waals surface area contributed by atoms with Crippen LogP contribution in [0.1, 0.15) is 40.5 Å². The van der Waals surface area contributed by atoms with E-state index in [1.807, 2.05) is 0 Å². The molecule has 0 saturated carbocycles. The smallest absolute Gasteiger partial charge is 0.0142 e. The first kappa shape index (κ1) is 12.9. The number of hydrogen-bond donors (Lipinski definition) is 2. The molecule has 90 valence electrons. The van der Waals surface area contributed by atoms with Crippen LogP contribution in [0.15, 0.2) is 0 Å². The van der Waals surface area contributed by atoms with Gasteiger partial charge in [0.25, 0.3) is 0 Å². The summed E-state index contributed by atoms with van der Waals surface area (Å²) in [5.74, 6) is 0. The van der Waals surface area contributed by atoms with Gasteiger partial charge in [-0.1, -0.05) is 0 Å². The summed E-state index contributed by atoms with van der Waals surface area (Å²) in [6, 6.07) is 0. The molecule has 0 amide bonds. The Morgan fingerprint density at radius 1 is 1.07 bits per heavy atom. The van der Waals surface area contributed by atoms with Gasteiger partial charge in [-0.05, 0) is 53.6 Å². The maximum Gasteiger partial charge on any atom is 0.0142 e. The molecule has 1 heterocycles. The summed E-state index contributed by atoms with van der Waals surface area (Å²) in [5, 5.41) is 3.74. The summed E-state index contributed by atoms with van der Waals surface area (Å²) in [7, 11) is 0. The molecule has 0 radical (unpaired) electrons. The average molecular weight is 213 g/mol. The molecule has 15 heavy (non-hydrogen) atoms. The molecule has 3 N–H and O–H groups in total. The molecule has 1 aliphatic rings. The van der Waals surface area contributed by atoms with Gasteiger partial charge in [0.2, 0.25) is 0 Å². The molecule has 0 aromatic heterocycles. The predicted molar refractivity (Wildman–Crippen MR) is 66.0 cm³/mol. The minimum atomic E-state index is 0.233. The normalized spacial score (nSPS) is 27.0. The second-order valence-corrected chi connectivity index (χ2v) is 6.02. The lowest BCUT2D eigenvalue weighted by Crippen LogP contribution is -2.56. The third-order valence-corrected chi connectivity index (χ3v) is 3.23. The molecular weight excluding hydrogens is 186 g/mol. The van der Waals surface area contributed by atoms with Gasteiger partial charge in [0.05, 0.1) is 0 Å². The molecule has 3 nitrogen and oxygen atoms in total. The third kappa shape index (κ3) is 4.49. The number of rotatable bonds is 2. The number of hydrogen-bond acceptors (Lipinski definition) is 3. The minimum absolute atomic E-state index is 0.233. The molecule has 0 aliphatic carbocycles. The predicted octanol–water partition coefficient (Wildman–Crippen LogP) is 1.19. The molecule has 1 rings (SSSR count). The first-order chi connectivity index (χ1) is 6.85. The maximum atomic E-state index is 5.63. The zero-order valence-corrected chi connectivity index (χ0v) is 10.8. The highest BCUT2D eigenvalue weighted by Crippen LogP contribution is 2.21. The molecule has 0 spiro atoms. The summed E-state index contributed by atoms with van der Waals surface area (Å²) in [6.45, 7) is 13.3. The molecule has 1 saturated heterocycles. The molecule has 1 fully saturated rings. The Hall–Kier alpha value is -0.120. The van der Waals surface area contributed by atoms with E-state index in [4.69, 9.17) is 5.73 Å². The van der Waals surface area contributed by atoms with Crippen molar-refractivity contribution >= 4 is 0 Å². The monoisotopic (exact) mass is 213 g/mol. The summed E-state index contributed by atoms with van der Waals surface area (Å²) >= 11 is 0. The van der Waals surface area contributed by atoms with Gasteiger partial charge in [0.15, 0.2) is 0 Å². The van der Waals surface area contributed by atoms with Crippen LogP contribution in [0.3, 0.4) is 0 Å².